The summed E-state index contributed by atoms with van der Waals surface area (Å²) in [6.45, 7) is 6.20. The quantitative estimate of drug-likeness (QED) is 0.886. The third-order valence-corrected chi connectivity index (χ3v) is 3.32. The van der Waals surface area contributed by atoms with Gasteiger partial charge in [0.05, 0.1) is 11.1 Å². The lowest BCUT2D eigenvalue weighted by Gasteiger charge is -2.22. The molecule has 0 aliphatic rings. The lowest BCUT2D eigenvalue weighted by atomic mass is 9.85. The van der Waals surface area contributed by atoms with E-state index in [1.54, 1.807) is 0 Å². The van der Waals surface area contributed by atoms with Crippen molar-refractivity contribution in [1.82, 2.24) is 0 Å². The minimum Gasteiger partial charge on any atom is -0.392 e. The molecule has 0 aliphatic heterocycles. The molecule has 0 fully saturated rings. The van der Waals surface area contributed by atoms with Crippen molar-refractivity contribution in [2.45, 2.75) is 45.1 Å². The van der Waals surface area contributed by atoms with Crippen LogP contribution in [-0.4, -0.2) is 17.8 Å². The molecule has 0 aliphatic carbocycles. The van der Waals surface area contributed by atoms with Gasteiger partial charge in [0, 0.05) is 6.54 Å². The van der Waals surface area contributed by atoms with Gasteiger partial charge in [0.25, 0.3) is 0 Å². The lowest BCUT2D eigenvalue weighted by Crippen LogP contribution is -2.20. The predicted octanol–water partition coefficient (Wildman–Crippen LogP) is 3.03. The first-order valence-corrected chi connectivity index (χ1v) is 6.50. The molecule has 0 heterocycles. The Labute approximate surface area is 113 Å². The molecule has 3 N–H and O–H groups in total. The normalized spacial score (nSPS) is 13.7. The molecular formula is C14H21ClFNO. The Morgan fingerprint density at radius 3 is 2.50 bits per heavy atom. The lowest BCUT2D eigenvalue weighted by molar-refractivity contribution is 0.173. The molecule has 1 aromatic rings. The fraction of sp³-hybridized carbons (Fsp3) is 0.571. The van der Waals surface area contributed by atoms with E-state index < -0.39 is 11.9 Å². The summed E-state index contributed by atoms with van der Waals surface area (Å²) in [6.07, 6.45) is 0.582. The van der Waals surface area contributed by atoms with Crippen LogP contribution < -0.4 is 5.73 Å². The number of hydrogen-bond acceptors (Lipinski definition) is 2. The van der Waals surface area contributed by atoms with Crippen LogP contribution in [0.2, 0.25) is 5.02 Å². The standard InChI is InChI=1S/C14H21ClFNO/c1-14(2,3)11-6-9(4-5-10(18)8-17)7-12(16)13(11)15/h6-7,10,18H,4-5,8,17H2,1-3H3/t10-/m0/s1. The fourth-order valence-electron chi connectivity index (χ4n) is 1.79. The van der Waals surface area contributed by atoms with Gasteiger partial charge in [0.1, 0.15) is 5.82 Å². The maximum atomic E-state index is 13.8. The molecule has 0 unspecified atom stereocenters. The Kier molecular flexibility index (Phi) is 5.14. The van der Waals surface area contributed by atoms with Crippen LogP contribution in [-0.2, 0) is 11.8 Å². The molecule has 18 heavy (non-hydrogen) atoms. The van der Waals surface area contributed by atoms with Gasteiger partial charge in [0.2, 0.25) is 0 Å². The van der Waals surface area contributed by atoms with Crippen molar-refractivity contribution in [1.29, 1.82) is 0 Å². The second-order valence-corrected chi connectivity index (χ2v) is 6.00. The molecule has 2 nitrogen and oxygen atoms in total. The van der Waals surface area contributed by atoms with Gasteiger partial charge < -0.3 is 10.8 Å². The smallest absolute Gasteiger partial charge is 0.142 e. The second-order valence-electron chi connectivity index (χ2n) is 5.62. The van der Waals surface area contributed by atoms with Gasteiger partial charge in [-0.3, -0.25) is 0 Å². The Morgan fingerprint density at radius 1 is 1.39 bits per heavy atom. The van der Waals surface area contributed by atoms with Crippen molar-refractivity contribution in [2.24, 2.45) is 5.73 Å². The van der Waals surface area contributed by atoms with Crippen LogP contribution >= 0.6 is 11.6 Å². The molecule has 102 valence electrons. The molecule has 1 aromatic carbocycles. The van der Waals surface area contributed by atoms with Crippen molar-refractivity contribution in [3.63, 3.8) is 0 Å². The first kappa shape index (κ1) is 15.4. The number of aryl methyl sites for hydroxylation is 1. The van der Waals surface area contributed by atoms with E-state index in [4.69, 9.17) is 17.3 Å². The minimum atomic E-state index is -0.540. The molecule has 1 rings (SSSR count). The monoisotopic (exact) mass is 273 g/mol. The summed E-state index contributed by atoms with van der Waals surface area (Å²) in [4.78, 5) is 0. The molecule has 0 radical (unpaired) electrons. The Balaban J connectivity index is 2.98. The van der Waals surface area contributed by atoms with Crippen molar-refractivity contribution >= 4 is 11.6 Å². The van der Waals surface area contributed by atoms with Gasteiger partial charge in [-0.15, -0.1) is 0 Å². The second kappa shape index (κ2) is 6.00. The number of aliphatic hydroxyl groups is 1. The topological polar surface area (TPSA) is 46.2 Å². The van der Waals surface area contributed by atoms with E-state index in [0.29, 0.717) is 12.8 Å². The van der Waals surface area contributed by atoms with Crippen LogP contribution in [0.25, 0.3) is 0 Å². The number of halogens is 2. The van der Waals surface area contributed by atoms with Crippen LogP contribution in [0.5, 0.6) is 0 Å². The van der Waals surface area contributed by atoms with Crippen molar-refractivity contribution in [3.8, 4) is 0 Å². The molecule has 0 bridgehead atoms. The minimum absolute atomic E-state index is 0.186. The highest BCUT2D eigenvalue weighted by Crippen LogP contribution is 2.32. The summed E-state index contributed by atoms with van der Waals surface area (Å²) in [7, 11) is 0. The van der Waals surface area contributed by atoms with Crippen molar-refractivity contribution in [2.75, 3.05) is 6.54 Å². The summed E-state index contributed by atoms with van der Waals surface area (Å²) >= 11 is 6.00. The molecule has 1 atom stereocenters. The van der Waals surface area contributed by atoms with Gasteiger partial charge in [-0.25, -0.2) is 4.39 Å². The summed E-state index contributed by atoms with van der Waals surface area (Å²) in [5.41, 5.74) is 6.77. The summed E-state index contributed by atoms with van der Waals surface area (Å²) in [5, 5.41) is 9.61. The van der Waals surface area contributed by atoms with E-state index in [9.17, 15) is 9.50 Å². The summed E-state index contributed by atoms with van der Waals surface area (Å²) in [5.74, 6) is -0.402. The molecule has 0 saturated heterocycles. The SMILES string of the molecule is CC(C)(C)c1cc(CC[C@H](O)CN)cc(F)c1Cl. The molecular weight excluding hydrogens is 253 g/mol. The molecule has 0 spiro atoms. The van der Waals surface area contributed by atoms with E-state index in [2.05, 4.69) is 0 Å². The van der Waals surface area contributed by atoms with Gasteiger partial charge in [-0.05, 0) is 35.4 Å². The van der Waals surface area contributed by atoms with E-state index in [1.807, 2.05) is 26.8 Å². The number of hydrogen-bond donors (Lipinski definition) is 2. The molecule has 0 saturated carbocycles. The van der Waals surface area contributed by atoms with Gasteiger partial charge in [-0.1, -0.05) is 38.4 Å². The van der Waals surface area contributed by atoms with Crippen LogP contribution in [0.3, 0.4) is 0 Å². The van der Waals surface area contributed by atoms with E-state index in [-0.39, 0.29) is 17.0 Å². The number of benzene rings is 1. The molecule has 0 aromatic heterocycles. The highest BCUT2D eigenvalue weighted by atomic mass is 35.5. The van der Waals surface area contributed by atoms with Gasteiger partial charge in [-0.2, -0.15) is 0 Å². The molecule has 0 amide bonds. The zero-order valence-electron chi connectivity index (χ0n) is 11.1. The summed E-state index contributed by atoms with van der Waals surface area (Å²) in [6, 6.07) is 3.34. The zero-order valence-corrected chi connectivity index (χ0v) is 11.9. The Morgan fingerprint density at radius 2 is 2.00 bits per heavy atom. The van der Waals surface area contributed by atoms with Crippen molar-refractivity contribution in [3.05, 3.63) is 34.1 Å². The predicted molar refractivity (Wildman–Crippen MR) is 73.5 cm³/mol. The average Bonchev–Trinajstić information content (AvgIpc) is 2.28. The van der Waals surface area contributed by atoms with Gasteiger partial charge >= 0.3 is 0 Å². The Bertz CT molecular complexity index is 415. The fourth-order valence-corrected chi connectivity index (χ4v) is 2.18. The highest BCUT2D eigenvalue weighted by Gasteiger charge is 2.20. The third-order valence-electron chi connectivity index (χ3n) is 2.93. The van der Waals surface area contributed by atoms with E-state index in [0.717, 1.165) is 11.1 Å². The summed E-state index contributed by atoms with van der Waals surface area (Å²) < 4.78 is 13.8. The largest absolute Gasteiger partial charge is 0.392 e. The van der Waals surface area contributed by atoms with Crippen LogP contribution in [0.1, 0.15) is 38.3 Å². The number of aliphatic hydroxyl groups excluding tert-OH is 1. The first-order chi connectivity index (χ1) is 8.25. The highest BCUT2D eigenvalue weighted by molar-refractivity contribution is 6.31. The third kappa shape index (κ3) is 3.94. The first-order valence-electron chi connectivity index (χ1n) is 6.12. The number of nitrogens with two attached hydrogens (primary N) is 1. The van der Waals surface area contributed by atoms with Crippen molar-refractivity contribution < 1.29 is 9.50 Å². The zero-order chi connectivity index (χ0) is 13.9. The molecule has 4 heteroatoms. The van der Waals surface area contributed by atoms with E-state index in [1.165, 1.54) is 6.07 Å². The van der Waals surface area contributed by atoms with Crippen LogP contribution in [0.15, 0.2) is 12.1 Å². The maximum absolute atomic E-state index is 13.8. The Hall–Kier alpha value is -0.640. The van der Waals surface area contributed by atoms with Crippen LogP contribution in [0, 0.1) is 5.82 Å². The van der Waals surface area contributed by atoms with Crippen LogP contribution in [0.4, 0.5) is 4.39 Å². The number of rotatable bonds is 4. The van der Waals surface area contributed by atoms with E-state index >= 15 is 0 Å². The average molecular weight is 274 g/mol. The maximum Gasteiger partial charge on any atom is 0.142 e. The van der Waals surface area contributed by atoms with Gasteiger partial charge in [0.15, 0.2) is 0 Å².